The van der Waals surface area contributed by atoms with Crippen LogP contribution in [0.4, 0.5) is 0 Å². The van der Waals surface area contributed by atoms with Crippen LogP contribution >= 0.6 is 0 Å². The highest BCUT2D eigenvalue weighted by molar-refractivity contribution is 5.40. The van der Waals surface area contributed by atoms with Gasteiger partial charge in [-0.1, -0.05) is 68.4 Å². The fourth-order valence-corrected chi connectivity index (χ4v) is 3.71. The molecule has 1 aliphatic carbocycles. The van der Waals surface area contributed by atoms with Gasteiger partial charge in [0, 0.05) is 6.42 Å². The van der Waals surface area contributed by atoms with E-state index in [0.717, 1.165) is 16.7 Å². The van der Waals surface area contributed by atoms with E-state index in [1.165, 1.54) is 0 Å². The molecule has 0 saturated carbocycles. The molecule has 21 heavy (non-hydrogen) atoms. The second-order valence-corrected chi connectivity index (χ2v) is 6.82. The van der Waals surface area contributed by atoms with Crippen molar-refractivity contribution in [3.63, 3.8) is 0 Å². The van der Waals surface area contributed by atoms with Crippen LogP contribution in [0.5, 0.6) is 0 Å². The first-order valence-corrected chi connectivity index (χ1v) is 7.46. The molecule has 0 heterocycles. The Morgan fingerprint density at radius 3 is 2.33 bits per heavy atom. The molecule has 2 aromatic rings. The zero-order valence-corrected chi connectivity index (χ0v) is 12.6. The summed E-state index contributed by atoms with van der Waals surface area (Å²) in [6.45, 7) is 4.27. The lowest BCUT2D eigenvalue weighted by Gasteiger charge is -2.46. The molecule has 0 fully saturated rings. The summed E-state index contributed by atoms with van der Waals surface area (Å²) in [4.78, 5) is 0. The summed E-state index contributed by atoms with van der Waals surface area (Å²) < 4.78 is 0. The van der Waals surface area contributed by atoms with E-state index in [4.69, 9.17) is 0 Å². The zero-order valence-electron chi connectivity index (χ0n) is 12.6. The number of hydrogen-bond donors (Lipinski definition) is 2. The second-order valence-electron chi connectivity index (χ2n) is 6.82. The van der Waals surface area contributed by atoms with E-state index < -0.39 is 11.7 Å². The quantitative estimate of drug-likeness (QED) is 0.886. The van der Waals surface area contributed by atoms with Gasteiger partial charge in [0.15, 0.2) is 0 Å². The molecule has 0 aromatic heterocycles. The van der Waals surface area contributed by atoms with E-state index in [1.807, 2.05) is 48.5 Å². The molecular formula is C19H22O2. The van der Waals surface area contributed by atoms with Crippen molar-refractivity contribution in [2.75, 3.05) is 0 Å². The van der Waals surface area contributed by atoms with Crippen molar-refractivity contribution in [3.8, 4) is 0 Å². The van der Waals surface area contributed by atoms with Crippen LogP contribution in [0, 0.1) is 0 Å². The maximum absolute atomic E-state index is 11.1. The Morgan fingerprint density at radius 1 is 1.00 bits per heavy atom. The van der Waals surface area contributed by atoms with Crippen molar-refractivity contribution in [3.05, 3.63) is 71.3 Å². The van der Waals surface area contributed by atoms with Crippen LogP contribution in [-0.2, 0) is 11.8 Å². The molecule has 0 spiro atoms. The van der Waals surface area contributed by atoms with E-state index in [9.17, 15) is 10.2 Å². The Kier molecular flexibility index (Phi) is 3.39. The molecule has 3 rings (SSSR count). The van der Waals surface area contributed by atoms with Crippen molar-refractivity contribution < 1.29 is 10.2 Å². The number of hydrogen-bond acceptors (Lipinski definition) is 2. The molecule has 2 nitrogen and oxygen atoms in total. The number of rotatable bonds is 2. The summed E-state index contributed by atoms with van der Waals surface area (Å²) in [6.07, 6.45) is 0.168. The first-order chi connectivity index (χ1) is 9.92. The van der Waals surface area contributed by atoms with E-state index >= 15 is 0 Å². The van der Waals surface area contributed by atoms with Crippen LogP contribution in [0.15, 0.2) is 54.6 Å². The molecule has 0 unspecified atom stereocenters. The number of fused-ring (bicyclic) bond motifs is 1. The van der Waals surface area contributed by atoms with Gasteiger partial charge in [-0.15, -0.1) is 0 Å². The maximum atomic E-state index is 11.1. The molecule has 0 aliphatic heterocycles. The number of aliphatic hydroxyl groups is 2. The minimum atomic E-state index is -1.13. The largest absolute Gasteiger partial charge is 0.386 e. The summed E-state index contributed by atoms with van der Waals surface area (Å²) in [5.74, 6) is 0. The summed E-state index contributed by atoms with van der Waals surface area (Å²) in [5, 5.41) is 21.8. The molecule has 0 bridgehead atoms. The van der Waals surface area contributed by atoms with Gasteiger partial charge in [0.1, 0.15) is 6.10 Å². The lowest BCUT2D eigenvalue weighted by molar-refractivity contribution is -0.102. The molecule has 1 aliphatic rings. The van der Waals surface area contributed by atoms with Gasteiger partial charge in [-0.25, -0.2) is 0 Å². The smallest absolute Gasteiger partial charge is 0.108 e. The summed E-state index contributed by atoms with van der Waals surface area (Å²) in [6, 6.07) is 17.8. The van der Waals surface area contributed by atoms with Crippen molar-refractivity contribution >= 4 is 0 Å². The number of benzene rings is 2. The van der Waals surface area contributed by atoms with Crippen molar-refractivity contribution in [2.24, 2.45) is 0 Å². The molecular weight excluding hydrogens is 260 g/mol. The minimum Gasteiger partial charge on any atom is -0.386 e. The highest BCUT2D eigenvalue weighted by Gasteiger charge is 2.47. The van der Waals surface area contributed by atoms with E-state index in [-0.39, 0.29) is 5.41 Å². The standard InChI is InChI=1S/C19H22O2/c1-18(2)13-19(21,12-14-8-4-3-5-9-14)17(20)15-10-6-7-11-16(15)18/h3-11,17,20-21H,12-13H2,1-2H3/t17-,19-/m0/s1. The topological polar surface area (TPSA) is 40.5 Å². The maximum Gasteiger partial charge on any atom is 0.108 e. The van der Waals surface area contributed by atoms with E-state index in [1.54, 1.807) is 0 Å². The minimum absolute atomic E-state index is 0.153. The SMILES string of the molecule is CC1(C)C[C@@](O)(Cc2ccccc2)[C@@H](O)c2ccccc21. The first-order valence-electron chi connectivity index (χ1n) is 7.46. The highest BCUT2D eigenvalue weighted by Crippen LogP contribution is 2.48. The second kappa shape index (κ2) is 4.97. The first kappa shape index (κ1) is 14.3. The molecule has 2 heteroatoms. The van der Waals surface area contributed by atoms with E-state index in [0.29, 0.717) is 12.8 Å². The van der Waals surface area contributed by atoms with Crippen LogP contribution < -0.4 is 0 Å². The summed E-state index contributed by atoms with van der Waals surface area (Å²) >= 11 is 0. The molecule has 0 radical (unpaired) electrons. The normalized spacial score (nSPS) is 27.1. The Hall–Kier alpha value is -1.64. The third-order valence-electron chi connectivity index (χ3n) is 4.59. The Balaban J connectivity index is 2.01. The number of aliphatic hydroxyl groups excluding tert-OH is 1. The monoisotopic (exact) mass is 282 g/mol. The fraction of sp³-hybridized carbons (Fsp3) is 0.368. The third-order valence-corrected chi connectivity index (χ3v) is 4.59. The van der Waals surface area contributed by atoms with Gasteiger partial charge in [0.25, 0.3) is 0 Å². The van der Waals surface area contributed by atoms with Gasteiger partial charge in [0.2, 0.25) is 0 Å². The molecule has 0 amide bonds. The average Bonchev–Trinajstić information content (AvgIpc) is 2.46. The predicted octanol–water partition coefficient (Wildman–Crippen LogP) is 3.38. The average molecular weight is 282 g/mol. The fourth-order valence-electron chi connectivity index (χ4n) is 3.71. The van der Waals surface area contributed by atoms with Gasteiger partial charge < -0.3 is 10.2 Å². The molecule has 0 saturated heterocycles. The van der Waals surface area contributed by atoms with Crippen LogP contribution in [0.25, 0.3) is 0 Å². The summed E-state index contributed by atoms with van der Waals surface area (Å²) in [5.41, 5.74) is 1.76. The van der Waals surface area contributed by atoms with Crippen LogP contribution in [-0.4, -0.2) is 15.8 Å². The van der Waals surface area contributed by atoms with Gasteiger partial charge in [-0.2, -0.15) is 0 Å². The van der Waals surface area contributed by atoms with Crippen LogP contribution in [0.1, 0.15) is 43.1 Å². The lowest BCUT2D eigenvalue weighted by atomic mass is 9.63. The van der Waals surface area contributed by atoms with Gasteiger partial charge >= 0.3 is 0 Å². The molecule has 110 valence electrons. The molecule has 2 N–H and O–H groups in total. The lowest BCUT2D eigenvalue weighted by Crippen LogP contribution is -2.48. The van der Waals surface area contributed by atoms with E-state index in [2.05, 4.69) is 19.9 Å². The summed E-state index contributed by atoms with van der Waals surface area (Å²) in [7, 11) is 0. The van der Waals surface area contributed by atoms with Crippen molar-refractivity contribution in [1.29, 1.82) is 0 Å². The van der Waals surface area contributed by atoms with Crippen LogP contribution in [0.3, 0.4) is 0 Å². The van der Waals surface area contributed by atoms with Gasteiger partial charge in [-0.3, -0.25) is 0 Å². The van der Waals surface area contributed by atoms with Crippen LogP contribution in [0.2, 0.25) is 0 Å². The van der Waals surface area contributed by atoms with Crippen molar-refractivity contribution in [1.82, 2.24) is 0 Å². The Morgan fingerprint density at radius 2 is 1.62 bits per heavy atom. The van der Waals surface area contributed by atoms with Gasteiger partial charge in [0.05, 0.1) is 5.60 Å². The Bertz CT molecular complexity index is 633. The third kappa shape index (κ3) is 2.50. The zero-order chi connectivity index (χ0) is 15.1. The Labute approximate surface area is 126 Å². The highest BCUT2D eigenvalue weighted by atomic mass is 16.3. The predicted molar refractivity (Wildman–Crippen MR) is 84.1 cm³/mol. The van der Waals surface area contributed by atoms with Crippen molar-refractivity contribution in [2.45, 2.75) is 43.8 Å². The van der Waals surface area contributed by atoms with Gasteiger partial charge in [-0.05, 0) is 28.5 Å². The molecule has 2 aromatic carbocycles. The molecule has 2 atom stereocenters.